The summed E-state index contributed by atoms with van der Waals surface area (Å²) in [6.07, 6.45) is -0.156. The highest BCUT2D eigenvalue weighted by molar-refractivity contribution is 6.00. The van der Waals surface area contributed by atoms with Crippen LogP contribution >= 0.6 is 0 Å². The van der Waals surface area contributed by atoms with E-state index in [2.05, 4.69) is 20.6 Å². The summed E-state index contributed by atoms with van der Waals surface area (Å²) in [5.41, 5.74) is 8.21. The molecule has 0 radical (unpaired) electrons. The van der Waals surface area contributed by atoms with E-state index >= 15 is 0 Å². The number of hydrogen-bond donors (Lipinski definition) is 3. The van der Waals surface area contributed by atoms with Gasteiger partial charge in [0, 0.05) is 42.5 Å². The van der Waals surface area contributed by atoms with Crippen LogP contribution in [0.15, 0.2) is 71.9 Å². The number of halogens is 3. The summed E-state index contributed by atoms with van der Waals surface area (Å²) < 4.78 is 40.5. The molecule has 4 N–H and O–H groups in total. The van der Waals surface area contributed by atoms with Gasteiger partial charge < -0.3 is 16.4 Å². The van der Waals surface area contributed by atoms with Gasteiger partial charge in [0.05, 0.1) is 0 Å². The molecule has 1 aromatic heterocycles. The van der Waals surface area contributed by atoms with Gasteiger partial charge in [0.1, 0.15) is 6.04 Å². The zero-order chi connectivity index (χ0) is 30.3. The molecule has 1 atom stereocenters. The monoisotopic (exact) mass is 579 g/mol. The maximum atomic E-state index is 13.5. The Morgan fingerprint density at radius 3 is 2.29 bits per heavy atom. The first-order valence-electron chi connectivity index (χ1n) is 14.1. The number of rotatable bonds is 9. The smallest absolute Gasteiger partial charge is 0.344 e. The predicted octanol–water partition coefficient (Wildman–Crippen LogP) is 5.64. The van der Waals surface area contributed by atoms with E-state index in [0.29, 0.717) is 42.1 Å². The number of benzene rings is 2. The van der Waals surface area contributed by atoms with E-state index in [-0.39, 0.29) is 29.7 Å². The SMILES string of the molecule is CN=C(C)c1ccc(NC(=O)[C@H](Cc2ccc(-c3cccnc3C(F)(F)F)cc2)NC(=O)C2CCC(CN)CC2)cc1. The van der Waals surface area contributed by atoms with Crippen molar-refractivity contribution >= 4 is 23.2 Å². The van der Waals surface area contributed by atoms with Crippen LogP contribution < -0.4 is 16.4 Å². The van der Waals surface area contributed by atoms with Crippen molar-refractivity contribution in [1.29, 1.82) is 0 Å². The predicted molar refractivity (Wildman–Crippen MR) is 158 cm³/mol. The quantitative estimate of drug-likeness (QED) is 0.285. The number of hydrogen-bond acceptors (Lipinski definition) is 5. The van der Waals surface area contributed by atoms with Gasteiger partial charge in [-0.05, 0) is 80.0 Å². The molecule has 1 aliphatic carbocycles. The molecule has 2 amide bonds. The summed E-state index contributed by atoms with van der Waals surface area (Å²) in [4.78, 5) is 34.4. The molecule has 0 saturated heterocycles. The van der Waals surface area contributed by atoms with Crippen LogP contribution in [0.5, 0.6) is 0 Å². The van der Waals surface area contributed by atoms with Crippen molar-refractivity contribution in [1.82, 2.24) is 10.3 Å². The van der Waals surface area contributed by atoms with Crippen LogP contribution in [0.25, 0.3) is 11.1 Å². The molecule has 1 heterocycles. The molecular formula is C32H36F3N5O2. The Morgan fingerprint density at radius 2 is 1.69 bits per heavy atom. The molecule has 10 heteroatoms. The maximum Gasteiger partial charge on any atom is 0.433 e. The average Bonchev–Trinajstić information content (AvgIpc) is 3.00. The molecule has 1 fully saturated rings. The van der Waals surface area contributed by atoms with Gasteiger partial charge in [0.15, 0.2) is 5.69 Å². The minimum absolute atomic E-state index is 0.0287. The lowest BCUT2D eigenvalue weighted by Gasteiger charge is -2.28. The third-order valence-corrected chi connectivity index (χ3v) is 7.87. The Kier molecular flexibility index (Phi) is 10.1. The van der Waals surface area contributed by atoms with Gasteiger partial charge in [-0.3, -0.25) is 19.6 Å². The Labute approximate surface area is 243 Å². The summed E-state index contributed by atoms with van der Waals surface area (Å²) in [6, 6.07) is 15.7. The minimum Gasteiger partial charge on any atom is -0.344 e. The van der Waals surface area contributed by atoms with Gasteiger partial charge in [-0.15, -0.1) is 0 Å². The van der Waals surface area contributed by atoms with Crippen LogP contribution in [-0.4, -0.2) is 42.1 Å². The largest absolute Gasteiger partial charge is 0.433 e. The molecule has 0 unspecified atom stereocenters. The fraction of sp³-hybridized carbons (Fsp3) is 0.375. The number of aliphatic imine (C=N–C) groups is 1. The van der Waals surface area contributed by atoms with Crippen LogP contribution in [0.1, 0.15) is 49.4 Å². The first-order chi connectivity index (χ1) is 20.1. The van der Waals surface area contributed by atoms with Crippen molar-refractivity contribution in [3.05, 3.63) is 83.7 Å². The van der Waals surface area contributed by atoms with Crippen molar-refractivity contribution in [2.24, 2.45) is 22.6 Å². The number of amides is 2. The number of alkyl halides is 3. The average molecular weight is 580 g/mol. The second-order valence-corrected chi connectivity index (χ2v) is 10.7. The van der Waals surface area contributed by atoms with Crippen molar-refractivity contribution in [2.75, 3.05) is 18.9 Å². The number of aromatic nitrogens is 1. The van der Waals surface area contributed by atoms with Crippen molar-refractivity contribution in [3.63, 3.8) is 0 Å². The van der Waals surface area contributed by atoms with Crippen molar-refractivity contribution < 1.29 is 22.8 Å². The number of nitrogens with two attached hydrogens (primary N) is 1. The summed E-state index contributed by atoms with van der Waals surface area (Å²) in [5, 5.41) is 5.83. The van der Waals surface area contributed by atoms with Crippen LogP contribution in [0.2, 0.25) is 0 Å². The Bertz CT molecular complexity index is 1400. The standard InChI is InChI=1S/C32H36F3N5O2/c1-20(37-2)23-13-15-26(16-14-23)39-31(42)28(40-30(41)25-11-7-22(19-36)8-12-25)18-21-5-9-24(10-6-21)27-4-3-17-38-29(27)32(33,34)35/h3-6,9-10,13-17,22,25,28H,7-8,11-12,18-19,36H2,1-2H3,(H,39,42)(H,40,41)/t22?,25?,28-/m0/s1. The number of nitrogens with zero attached hydrogens (tertiary/aromatic N) is 2. The van der Waals surface area contributed by atoms with E-state index in [4.69, 9.17) is 5.73 Å². The molecule has 1 saturated carbocycles. The number of nitrogens with one attached hydrogen (secondary N) is 2. The lowest BCUT2D eigenvalue weighted by Crippen LogP contribution is -2.48. The Morgan fingerprint density at radius 1 is 1.02 bits per heavy atom. The molecule has 42 heavy (non-hydrogen) atoms. The molecule has 1 aliphatic rings. The zero-order valence-corrected chi connectivity index (χ0v) is 23.7. The van der Waals surface area contributed by atoms with Gasteiger partial charge in [-0.2, -0.15) is 13.2 Å². The van der Waals surface area contributed by atoms with Gasteiger partial charge in [-0.25, -0.2) is 0 Å². The highest BCUT2D eigenvalue weighted by atomic mass is 19.4. The Hall–Kier alpha value is -4.05. The van der Waals surface area contributed by atoms with Crippen LogP contribution in [0, 0.1) is 11.8 Å². The molecule has 0 spiro atoms. The first kappa shape index (κ1) is 30.9. The fourth-order valence-electron chi connectivity index (χ4n) is 5.23. The number of carbonyl (C=O) groups is 2. The molecule has 4 rings (SSSR count). The molecular weight excluding hydrogens is 543 g/mol. The molecule has 0 bridgehead atoms. The molecule has 7 nitrogen and oxygen atoms in total. The molecule has 2 aromatic carbocycles. The number of pyridine rings is 1. The van der Waals surface area contributed by atoms with Gasteiger partial charge in [0.2, 0.25) is 11.8 Å². The van der Waals surface area contributed by atoms with Crippen LogP contribution in [-0.2, 0) is 22.2 Å². The first-order valence-corrected chi connectivity index (χ1v) is 14.1. The Balaban J connectivity index is 1.53. The van der Waals surface area contributed by atoms with E-state index in [1.165, 1.54) is 12.1 Å². The van der Waals surface area contributed by atoms with Crippen molar-refractivity contribution in [3.8, 4) is 11.1 Å². The normalized spacial score (nSPS) is 18.3. The highest BCUT2D eigenvalue weighted by Gasteiger charge is 2.35. The van der Waals surface area contributed by atoms with Crippen LogP contribution in [0.4, 0.5) is 18.9 Å². The zero-order valence-electron chi connectivity index (χ0n) is 23.7. The van der Waals surface area contributed by atoms with E-state index in [0.717, 1.165) is 30.3 Å². The van der Waals surface area contributed by atoms with Gasteiger partial charge in [0.25, 0.3) is 0 Å². The highest BCUT2D eigenvalue weighted by Crippen LogP contribution is 2.35. The van der Waals surface area contributed by atoms with Crippen LogP contribution in [0.3, 0.4) is 0 Å². The summed E-state index contributed by atoms with van der Waals surface area (Å²) in [5.74, 6) is -0.359. The molecule has 0 aliphatic heterocycles. The minimum atomic E-state index is -4.59. The third-order valence-electron chi connectivity index (χ3n) is 7.87. The van der Waals surface area contributed by atoms with Gasteiger partial charge >= 0.3 is 6.18 Å². The van der Waals surface area contributed by atoms with Gasteiger partial charge in [-0.1, -0.05) is 42.5 Å². The number of carbonyl (C=O) groups excluding carboxylic acids is 2. The topological polar surface area (TPSA) is 109 Å². The lowest BCUT2D eigenvalue weighted by atomic mass is 9.81. The third kappa shape index (κ3) is 7.82. The molecule has 3 aromatic rings. The second kappa shape index (κ2) is 13.7. The molecule has 222 valence electrons. The number of anilines is 1. The van der Waals surface area contributed by atoms with E-state index < -0.39 is 17.9 Å². The second-order valence-electron chi connectivity index (χ2n) is 10.7. The fourth-order valence-corrected chi connectivity index (χ4v) is 5.23. The van der Waals surface area contributed by atoms with E-state index in [9.17, 15) is 22.8 Å². The lowest BCUT2D eigenvalue weighted by molar-refractivity contribution is -0.140. The maximum absolute atomic E-state index is 13.5. The summed E-state index contributed by atoms with van der Waals surface area (Å²) in [6.45, 7) is 2.49. The van der Waals surface area contributed by atoms with Crippen molar-refractivity contribution in [2.45, 2.75) is 51.2 Å². The van der Waals surface area contributed by atoms with E-state index in [1.807, 2.05) is 19.1 Å². The summed E-state index contributed by atoms with van der Waals surface area (Å²) in [7, 11) is 1.71. The summed E-state index contributed by atoms with van der Waals surface area (Å²) >= 11 is 0. The van der Waals surface area contributed by atoms with E-state index in [1.54, 1.807) is 43.4 Å².